The van der Waals surface area contributed by atoms with Crippen molar-refractivity contribution in [2.24, 2.45) is 0 Å². The Kier molecular flexibility index (Phi) is 4.43. The van der Waals surface area contributed by atoms with Gasteiger partial charge in [-0.2, -0.15) is 0 Å². The molecule has 0 aliphatic carbocycles. The van der Waals surface area contributed by atoms with E-state index in [-0.39, 0.29) is 5.91 Å². The number of carbonyl (C=O) groups is 1. The molecular formula is C18H26N2O2S. The van der Waals surface area contributed by atoms with Crippen LogP contribution in [0.5, 0.6) is 0 Å². The minimum atomic E-state index is 0.259. The van der Waals surface area contributed by atoms with E-state index in [9.17, 15) is 4.79 Å². The van der Waals surface area contributed by atoms with Crippen LogP contribution in [0.2, 0.25) is 0 Å². The molecule has 23 heavy (non-hydrogen) atoms. The number of rotatable bonds is 3. The van der Waals surface area contributed by atoms with E-state index in [4.69, 9.17) is 4.74 Å². The van der Waals surface area contributed by atoms with Crippen molar-refractivity contribution >= 4 is 17.2 Å². The van der Waals surface area contributed by atoms with Gasteiger partial charge in [0.15, 0.2) is 0 Å². The molecule has 4 rings (SSSR count). The Morgan fingerprint density at radius 1 is 1.30 bits per heavy atom. The van der Waals surface area contributed by atoms with Gasteiger partial charge in [-0.3, -0.25) is 9.69 Å². The van der Waals surface area contributed by atoms with Gasteiger partial charge in [0, 0.05) is 29.9 Å². The lowest BCUT2D eigenvalue weighted by Crippen LogP contribution is -2.48. The predicted molar refractivity (Wildman–Crippen MR) is 92.0 cm³/mol. The number of likely N-dealkylation sites (tertiary alicyclic amines) is 2. The highest BCUT2D eigenvalue weighted by atomic mass is 32.1. The maximum Gasteiger partial charge on any atom is 0.264 e. The Bertz CT molecular complexity index is 562. The largest absolute Gasteiger partial charge is 0.376 e. The molecule has 0 bridgehead atoms. The Hall–Kier alpha value is -0.910. The molecule has 4 heterocycles. The summed E-state index contributed by atoms with van der Waals surface area (Å²) in [6.07, 6.45) is 5.81. The lowest BCUT2D eigenvalue weighted by Gasteiger charge is -2.34. The average Bonchev–Trinajstić information content (AvgIpc) is 3.30. The molecule has 0 spiro atoms. The van der Waals surface area contributed by atoms with Crippen LogP contribution in [0.15, 0.2) is 6.07 Å². The first-order valence-electron chi connectivity index (χ1n) is 9.02. The zero-order valence-electron chi connectivity index (χ0n) is 13.9. The normalized spacial score (nSPS) is 28.3. The van der Waals surface area contributed by atoms with Gasteiger partial charge in [0.2, 0.25) is 0 Å². The molecule has 2 fully saturated rings. The highest BCUT2D eigenvalue weighted by Gasteiger charge is 2.39. The molecule has 1 aromatic rings. The number of thiophene rings is 1. The SMILES string of the molecule is CCN1CCCC1C1CCCN1C(=O)c1cc2c(s1)CCOC2. The summed E-state index contributed by atoms with van der Waals surface area (Å²) in [4.78, 5) is 20.1. The molecule has 0 radical (unpaired) electrons. The minimum absolute atomic E-state index is 0.259. The third-order valence-corrected chi connectivity index (χ3v) is 6.89. The summed E-state index contributed by atoms with van der Waals surface area (Å²) >= 11 is 1.70. The molecule has 3 aliphatic rings. The molecule has 1 aromatic heterocycles. The Morgan fingerprint density at radius 2 is 2.13 bits per heavy atom. The van der Waals surface area contributed by atoms with Crippen LogP contribution in [0.4, 0.5) is 0 Å². The van der Waals surface area contributed by atoms with Crippen molar-refractivity contribution in [1.82, 2.24) is 9.80 Å². The van der Waals surface area contributed by atoms with E-state index in [1.165, 1.54) is 36.2 Å². The van der Waals surface area contributed by atoms with E-state index < -0.39 is 0 Å². The van der Waals surface area contributed by atoms with Gasteiger partial charge < -0.3 is 9.64 Å². The molecule has 3 aliphatic heterocycles. The lowest BCUT2D eigenvalue weighted by atomic mass is 10.0. The van der Waals surface area contributed by atoms with Gasteiger partial charge in [-0.25, -0.2) is 0 Å². The Labute approximate surface area is 142 Å². The summed E-state index contributed by atoms with van der Waals surface area (Å²) in [6.45, 7) is 6.94. The summed E-state index contributed by atoms with van der Waals surface area (Å²) < 4.78 is 5.52. The number of hydrogen-bond acceptors (Lipinski definition) is 4. The second-order valence-corrected chi connectivity index (χ2v) is 8.04. The molecular weight excluding hydrogens is 308 g/mol. The first kappa shape index (κ1) is 15.6. The topological polar surface area (TPSA) is 32.8 Å². The quantitative estimate of drug-likeness (QED) is 0.852. The molecule has 2 unspecified atom stereocenters. The van der Waals surface area contributed by atoms with Gasteiger partial charge in [0.1, 0.15) is 0 Å². The van der Waals surface area contributed by atoms with Crippen LogP contribution in [-0.4, -0.2) is 54.0 Å². The van der Waals surface area contributed by atoms with Gasteiger partial charge in [-0.05, 0) is 50.4 Å². The number of hydrogen-bond donors (Lipinski definition) is 0. The van der Waals surface area contributed by atoms with Gasteiger partial charge in [-0.15, -0.1) is 11.3 Å². The lowest BCUT2D eigenvalue weighted by molar-refractivity contribution is 0.0654. The average molecular weight is 334 g/mol. The van der Waals surface area contributed by atoms with Gasteiger partial charge in [-0.1, -0.05) is 6.92 Å². The number of amides is 1. The second kappa shape index (κ2) is 6.54. The van der Waals surface area contributed by atoms with Crippen LogP contribution in [0.3, 0.4) is 0 Å². The number of fused-ring (bicyclic) bond motifs is 1. The molecule has 126 valence electrons. The zero-order chi connectivity index (χ0) is 15.8. The first-order valence-corrected chi connectivity index (χ1v) is 9.84. The number of nitrogens with zero attached hydrogens (tertiary/aromatic N) is 2. The summed E-state index contributed by atoms with van der Waals surface area (Å²) in [5.74, 6) is 0.259. The van der Waals surface area contributed by atoms with E-state index in [2.05, 4.69) is 22.8 Å². The number of ether oxygens (including phenoxy) is 1. The summed E-state index contributed by atoms with van der Waals surface area (Å²) in [5.41, 5.74) is 1.23. The highest BCUT2D eigenvalue weighted by Crippen LogP contribution is 2.33. The molecule has 0 saturated carbocycles. The third-order valence-electron chi connectivity index (χ3n) is 5.66. The fraction of sp³-hybridized carbons (Fsp3) is 0.722. The van der Waals surface area contributed by atoms with Gasteiger partial charge >= 0.3 is 0 Å². The van der Waals surface area contributed by atoms with Crippen LogP contribution >= 0.6 is 11.3 Å². The summed E-state index contributed by atoms with van der Waals surface area (Å²) in [5, 5.41) is 0. The summed E-state index contributed by atoms with van der Waals surface area (Å²) in [7, 11) is 0. The third kappa shape index (κ3) is 2.83. The molecule has 2 saturated heterocycles. The smallest absolute Gasteiger partial charge is 0.264 e. The van der Waals surface area contributed by atoms with Crippen LogP contribution in [0.25, 0.3) is 0 Å². The number of likely N-dealkylation sites (N-methyl/N-ethyl adjacent to an activating group) is 1. The fourth-order valence-electron chi connectivity index (χ4n) is 4.52. The van der Waals surface area contributed by atoms with E-state index in [0.717, 1.165) is 37.4 Å². The molecule has 2 atom stereocenters. The van der Waals surface area contributed by atoms with E-state index >= 15 is 0 Å². The Morgan fingerprint density at radius 3 is 2.96 bits per heavy atom. The van der Waals surface area contributed by atoms with E-state index in [0.29, 0.717) is 18.7 Å². The van der Waals surface area contributed by atoms with E-state index in [1.807, 2.05) is 0 Å². The molecule has 5 heteroatoms. The second-order valence-electron chi connectivity index (χ2n) is 6.91. The van der Waals surface area contributed by atoms with E-state index in [1.54, 1.807) is 11.3 Å². The monoisotopic (exact) mass is 334 g/mol. The van der Waals surface area contributed by atoms with Crippen LogP contribution in [0.1, 0.15) is 52.7 Å². The molecule has 0 aromatic carbocycles. The predicted octanol–water partition coefficient (Wildman–Crippen LogP) is 2.91. The van der Waals surface area contributed by atoms with Crippen LogP contribution < -0.4 is 0 Å². The zero-order valence-corrected chi connectivity index (χ0v) is 14.7. The van der Waals surface area contributed by atoms with Crippen LogP contribution in [0, 0.1) is 0 Å². The maximum absolute atomic E-state index is 13.1. The van der Waals surface area contributed by atoms with Crippen molar-refractivity contribution in [2.75, 3.05) is 26.2 Å². The van der Waals surface area contributed by atoms with Crippen molar-refractivity contribution in [2.45, 2.75) is 57.7 Å². The molecule has 4 nitrogen and oxygen atoms in total. The van der Waals surface area contributed by atoms with Crippen LogP contribution in [-0.2, 0) is 17.8 Å². The Balaban J connectivity index is 1.54. The standard InChI is InChI=1S/C18H26N2O2S/c1-2-19-8-3-5-14(19)15-6-4-9-20(15)18(21)17-11-13-12-22-10-7-16(13)23-17/h11,14-15H,2-10,12H2,1H3. The minimum Gasteiger partial charge on any atom is -0.376 e. The van der Waals surface area contributed by atoms with Crippen molar-refractivity contribution in [3.8, 4) is 0 Å². The van der Waals surface area contributed by atoms with Gasteiger partial charge in [0.05, 0.1) is 18.1 Å². The van der Waals surface area contributed by atoms with Crippen molar-refractivity contribution in [1.29, 1.82) is 0 Å². The van der Waals surface area contributed by atoms with Crippen molar-refractivity contribution in [3.63, 3.8) is 0 Å². The fourth-order valence-corrected chi connectivity index (χ4v) is 5.62. The first-order chi connectivity index (χ1) is 11.3. The summed E-state index contributed by atoms with van der Waals surface area (Å²) in [6, 6.07) is 3.08. The van der Waals surface area contributed by atoms with Gasteiger partial charge in [0.25, 0.3) is 5.91 Å². The highest BCUT2D eigenvalue weighted by molar-refractivity contribution is 7.14. The molecule has 0 N–H and O–H groups in total. The van der Waals surface area contributed by atoms with Crippen molar-refractivity contribution in [3.05, 3.63) is 21.4 Å². The molecule has 1 amide bonds. The van der Waals surface area contributed by atoms with Crippen molar-refractivity contribution < 1.29 is 9.53 Å². The number of carbonyl (C=O) groups excluding carboxylic acids is 1. The maximum atomic E-state index is 13.1.